The molecule has 0 spiro atoms. The fourth-order valence-electron chi connectivity index (χ4n) is 3.10. The molecular weight excluding hydrogens is 215 g/mol. The monoisotopic (exact) mass is 244 g/mol. The number of rotatable bonds is 3. The summed E-state index contributed by atoms with van der Waals surface area (Å²) < 4.78 is 0. The van der Waals surface area contributed by atoms with E-state index in [0.29, 0.717) is 0 Å². The average Bonchev–Trinajstić information content (AvgIpc) is 2.33. The van der Waals surface area contributed by atoms with Crippen LogP contribution in [-0.2, 0) is 0 Å². The summed E-state index contributed by atoms with van der Waals surface area (Å²) in [6.07, 6.45) is 5.71. The first-order valence-electron chi connectivity index (χ1n) is 7.22. The van der Waals surface area contributed by atoms with Crippen molar-refractivity contribution in [2.24, 2.45) is 11.8 Å². The fraction of sp³-hybridized carbons (Fsp3) is 1.00. The Morgan fingerprint density at radius 1 is 0.882 bits per heavy atom. The second-order valence-corrected chi connectivity index (χ2v) is 5.86. The number of hydrogen-bond donors (Lipinski definition) is 0. The molecule has 3 heteroatoms. The first kappa shape index (κ1) is 14.9. The lowest BCUT2D eigenvalue weighted by Gasteiger charge is -2.36. The Kier molecular flexibility index (Phi) is 6.42. The SMILES string of the molecule is CCN1CCC(CN2CCC(C)CC2)CC1.F. The highest BCUT2D eigenvalue weighted by molar-refractivity contribution is 4.77. The molecule has 0 unspecified atom stereocenters. The molecule has 2 aliphatic heterocycles. The lowest BCUT2D eigenvalue weighted by atomic mass is 9.93. The number of likely N-dealkylation sites (tertiary alicyclic amines) is 2. The van der Waals surface area contributed by atoms with E-state index in [2.05, 4.69) is 23.6 Å². The Balaban J connectivity index is 0.00000144. The second-order valence-electron chi connectivity index (χ2n) is 5.86. The molecule has 0 atom stereocenters. The van der Waals surface area contributed by atoms with Crippen molar-refractivity contribution in [2.75, 3.05) is 39.3 Å². The van der Waals surface area contributed by atoms with E-state index in [1.807, 2.05) is 0 Å². The van der Waals surface area contributed by atoms with Crippen molar-refractivity contribution in [2.45, 2.75) is 39.5 Å². The van der Waals surface area contributed by atoms with Gasteiger partial charge in [-0.05, 0) is 70.2 Å². The maximum absolute atomic E-state index is 2.71. The molecule has 2 rings (SSSR count). The fourth-order valence-corrected chi connectivity index (χ4v) is 3.10. The Labute approximate surface area is 106 Å². The smallest absolute Gasteiger partial charge is 0.00106 e. The molecule has 0 aromatic heterocycles. The molecule has 0 aromatic rings. The minimum atomic E-state index is 0. The summed E-state index contributed by atoms with van der Waals surface area (Å²) in [6, 6.07) is 0. The summed E-state index contributed by atoms with van der Waals surface area (Å²) in [5.74, 6) is 1.95. The average molecular weight is 244 g/mol. The van der Waals surface area contributed by atoms with Crippen molar-refractivity contribution in [1.29, 1.82) is 0 Å². The van der Waals surface area contributed by atoms with E-state index in [1.165, 1.54) is 65.0 Å². The predicted molar refractivity (Wildman–Crippen MR) is 72.2 cm³/mol. The van der Waals surface area contributed by atoms with E-state index in [-0.39, 0.29) is 4.70 Å². The second kappa shape index (κ2) is 7.32. The van der Waals surface area contributed by atoms with Gasteiger partial charge in [-0.3, -0.25) is 4.70 Å². The van der Waals surface area contributed by atoms with Gasteiger partial charge in [0.25, 0.3) is 0 Å². The van der Waals surface area contributed by atoms with Crippen molar-refractivity contribution in [3.8, 4) is 0 Å². The summed E-state index contributed by atoms with van der Waals surface area (Å²) in [7, 11) is 0. The molecule has 0 radical (unpaired) electrons. The molecule has 2 heterocycles. The van der Waals surface area contributed by atoms with Crippen molar-refractivity contribution in [1.82, 2.24) is 9.80 Å². The minimum absolute atomic E-state index is 0. The van der Waals surface area contributed by atoms with Crippen LogP contribution in [0, 0.1) is 11.8 Å². The topological polar surface area (TPSA) is 6.48 Å². The molecule has 0 aromatic carbocycles. The van der Waals surface area contributed by atoms with E-state index in [0.717, 1.165) is 11.8 Å². The van der Waals surface area contributed by atoms with Crippen LogP contribution in [0.25, 0.3) is 0 Å². The Morgan fingerprint density at radius 2 is 1.41 bits per heavy atom. The number of nitrogens with zero attached hydrogens (tertiary/aromatic N) is 2. The van der Waals surface area contributed by atoms with Gasteiger partial charge in [0.15, 0.2) is 0 Å². The molecule has 2 aliphatic rings. The van der Waals surface area contributed by atoms with Gasteiger partial charge in [0.1, 0.15) is 0 Å². The molecule has 0 amide bonds. The summed E-state index contributed by atoms with van der Waals surface area (Å²) in [5, 5.41) is 0. The molecule has 0 N–H and O–H groups in total. The van der Waals surface area contributed by atoms with Gasteiger partial charge in [-0.2, -0.15) is 0 Å². The molecule has 102 valence electrons. The third kappa shape index (κ3) is 4.55. The van der Waals surface area contributed by atoms with E-state index in [4.69, 9.17) is 0 Å². The van der Waals surface area contributed by atoms with Crippen LogP contribution in [-0.4, -0.2) is 49.1 Å². The summed E-state index contributed by atoms with van der Waals surface area (Å²) in [5.41, 5.74) is 0. The Morgan fingerprint density at radius 3 is 1.94 bits per heavy atom. The van der Waals surface area contributed by atoms with Crippen molar-refractivity contribution in [3.63, 3.8) is 0 Å². The summed E-state index contributed by atoms with van der Waals surface area (Å²) in [4.78, 5) is 5.31. The highest BCUT2D eigenvalue weighted by Crippen LogP contribution is 2.22. The van der Waals surface area contributed by atoms with Crippen molar-refractivity contribution < 1.29 is 4.70 Å². The lowest BCUT2D eigenvalue weighted by Crippen LogP contribution is -2.41. The van der Waals surface area contributed by atoms with Crippen LogP contribution < -0.4 is 0 Å². The van der Waals surface area contributed by atoms with Gasteiger partial charge >= 0.3 is 0 Å². The zero-order chi connectivity index (χ0) is 11.4. The number of piperidine rings is 2. The quantitative estimate of drug-likeness (QED) is 0.753. The maximum Gasteiger partial charge on any atom is 0.00106 e. The lowest BCUT2D eigenvalue weighted by molar-refractivity contribution is 0.123. The number of halogens is 1. The maximum atomic E-state index is 2.71. The molecule has 2 nitrogen and oxygen atoms in total. The van der Waals surface area contributed by atoms with Gasteiger partial charge in [0.05, 0.1) is 0 Å². The van der Waals surface area contributed by atoms with Crippen LogP contribution in [0.15, 0.2) is 0 Å². The van der Waals surface area contributed by atoms with Gasteiger partial charge in [-0.1, -0.05) is 13.8 Å². The zero-order valence-corrected chi connectivity index (χ0v) is 11.5. The molecule has 2 saturated heterocycles. The van der Waals surface area contributed by atoms with E-state index < -0.39 is 0 Å². The van der Waals surface area contributed by atoms with Gasteiger partial charge < -0.3 is 9.80 Å². The molecule has 0 saturated carbocycles. The van der Waals surface area contributed by atoms with E-state index in [1.54, 1.807) is 0 Å². The van der Waals surface area contributed by atoms with Crippen molar-refractivity contribution in [3.05, 3.63) is 0 Å². The first-order chi connectivity index (χ1) is 7.78. The van der Waals surface area contributed by atoms with Crippen LogP contribution in [0.1, 0.15) is 39.5 Å². The minimum Gasteiger partial charge on any atom is -0.304 e. The van der Waals surface area contributed by atoms with Crippen LogP contribution in [0.3, 0.4) is 0 Å². The summed E-state index contributed by atoms with van der Waals surface area (Å²) in [6.45, 7) is 12.7. The van der Waals surface area contributed by atoms with Crippen LogP contribution in [0.2, 0.25) is 0 Å². The standard InChI is InChI=1S/C14H28N2.FH/c1-3-15-10-6-14(7-11-15)12-16-8-4-13(2)5-9-16;/h13-14H,3-12H2,1-2H3;1H. The number of hydrogen-bond acceptors (Lipinski definition) is 2. The Bertz CT molecular complexity index is 194. The van der Waals surface area contributed by atoms with Gasteiger partial charge in [-0.15, -0.1) is 0 Å². The van der Waals surface area contributed by atoms with E-state index in [9.17, 15) is 0 Å². The van der Waals surface area contributed by atoms with Crippen molar-refractivity contribution >= 4 is 0 Å². The first-order valence-corrected chi connectivity index (χ1v) is 7.22. The van der Waals surface area contributed by atoms with E-state index >= 15 is 0 Å². The van der Waals surface area contributed by atoms with Gasteiger partial charge in [0, 0.05) is 6.54 Å². The zero-order valence-electron chi connectivity index (χ0n) is 11.5. The molecule has 0 aliphatic carbocycles. The van der Waals surface area contributed by atoms with Crippen LogP contribution >= 0.6 is 0 Å². The molecular formula is C14H29FN2. The van der Waals surface area contributed by atoms with Crippen LogP contribution in [0.4, 0.5) is 4.70 Å². The Hall–Kier alpha value is -0.150. The largest absolute Gasteiger partial charge is 0.304 e. The molecule has 17 heavy (non-hydrogen) atoms. The normalized spacial score (nSPS) is 25.8. The summed E-state index contributed by atoms with van der Waals surface area (Å²) >= 11 is 0. The molecule has 2 fully saturated rings. The third-order valence-electron chi connectivity index (χ3n) is 4.55. The predicted octanol–water partition coefficient (Wildman–Crippen LogP) is 2.60. The highest BCUT2D eigenvalue weighted by Gasteiger charge is 2.22. The van der Waals surface area contributed by atoms with Crippen LogP contribution in [0.5, 0.6) is 0 Å². The highest BCUT2D eigenvalue weighted by atomic mass is 19.0. The van der Waals surface area contributed by atoms with Gasteiger partial charge in [0.2, 0.25) is 0 Å². The molecule has 0 bridgehead atoms. The third-order valence-corrected chi connectivity index (χ3v) is 4.55. The van der Waals surface area contributed by atoms with Gasteiger partial charge in [-0.25, -0.2) is 0 Å².